The molecule has 3 amide bonds. The first-order chi connectivity index (χ1) is 29.8. The summed E-state index contributed by atoms with van der Waals surface area (Å²) in [5.41, 5.74) is -0.893. The van der Waals surface area contributed by atoms with Crippen LogP contribution in [0.3, 0.4) is 0 Å². The molecule has 0 radical (unpaired) electrons. The van der Waals surface area contributed by atoms with Crippen LogP contribution in [0.1, 0.15) is 93.9 Å². The Morgan fingerprint density at radius 1 is 1.03 bits per heavy atom. The van der Waals surface area contributed by atoms with Crippen molar-refractivity contribution in [1.82, 2.24) is 30.4 Å². The summed E-state index contributed by atoms with van der Waals surface area (Å²) in [5, 5.41) is 22.6. The van der Waals surface area contributed by atoms with Crippen molar-refractivity contribution in [3.63, 3.8) is 0 Å². The average Bonchev–Trinajstić information content (AvgIpc) is 3.97. The Kier molecular flexibility index (Phi) is 15.7. The third-order valence-corrected chi connectivity index (χ3v) is 13.0. The highest BCUT2D eigenvalue weighted by molar-refractivity contribution is 7.14. The number of carbonyl (C=O) groups is 4. The van der Waals surface area contributed by atoms with Gasteiger partial charge in [0.2, 0.25) is 11.8 Å². The van der Waals surface area contributed by atoms with Crippen LogP contribution in [0.5, 0.6) is 11.5 Å². The van der Waals surface area contributed by atoms with Crippen LogP contribution in [0.25, 0.3) is 22.3 Å². The quantitative estimate of drug-likeness (QED) is 0.109. The summed E-state index contributed by atoms with van der Waals surface area (Å²) in [6.07, 6.45) is 1.41. The van der Waals surface area contributed by atoms with Crippen molar-refractivity contribution in [2.24, 2.45) is 11.3 Å². The average molecular weight is 915 g/mol. The third-order valence-electron chi connectivity index (χ3n) is 11.9. The number of nitrogens with zero attached hydrogens (tertiary/aromatic N) is 4. The van der Waals surface area contributed by atoms with E-state index in [4.69, 9.17) is 40.5 Å². The summed E-state index contributed by atoms with van der Waals surface area (Å²) in [5.74, 6) is -1.07. The Balaban J connectivity index is 1.33. The minimum atomic E-state index is -1.59. The lowest BCUT2D eigenvalue weighted by Crippen LogP contribution is -2.60. The van der Waals surface area contributed by atoms with Crippen LogP contribution >= 0.6 is 22.9 Å². The molecule has 18 heteroatoms. The molecule has 3 fully saturated rings. The fraction of sp³-hybridized carbons (Fsp3) is 0.644. The second-order valence-corrected chi connectivity index (χ2v) is 19.9. The number of halogens is 1. The maximum absolute atomic E-state index is 14.8. The van der Waals surface area contributed by atoms with E-state index in [1.54, 1.807) is 12.1 Å². The number of rotatable bonds is 17. The van der Waals surface area contributed by atoms with Gasteiger partial charge in [-0.1, -0.05) is 52.6 Å². The van der Waals surface area contributed by atoms with Gasteiger partial charge in [0, 0.05) is 48.9 Å². The summed E-state index contributed by atoms with van der Waals surface area (Å²) in [7, 11) is 0. The van der Waals surface area contributed by atoms with E-state index in [1.165, 1.54) is 23.2 Å². The van der Waals surface area contributed by atoms with Crippen LogP contribution < -0.4 is 25.4 Å². The Morgan fingerprint density at radius 3 is 2.43 bits per heavy atom. The molecular weight excluding hydrogens is 850 g/mol. The lowest BCUT2D eigenvalue weighted by Gasteiger charge is -2.36. The second kappa shape index (κ2) is 20.6. The maximum atomic E-state index is 14.8. The molecule has 4 N–H and O–H groups in total. The summed E-state index contributed by atoms with van der Waals surface area (Å²) in [6, 6.07) is 3.30. The number of aromatic nitrogens is 2. The molecule has 4 heterocycles. The number of hydrogen-bond donors (Lipinski definition) is 4. The van der Waals surface area contributed by atoms with Gasteiger partial charge in [-0.2, -0.15) is 0 Å². The number of thiazole rings is 1. The Hall–Kier alpha value is -4.45. The molecule has 0 unspecified atom stereocenters. The maximum Gasteiger partial charge on any atom is 0.408 e. The number of carbonyl (C=O) groups excluding carboxylic acids is 3. The highest BCUT2D eigenvalue weighted by Crippen LogP contribution is 2.40. The van der Waals surface area contributed by atoms with Gasteiger partial charge in [-0.15, -0.1) is 11.3 Å². The largest absolute Gasteiger partial charge is 0.491 e. The first kappa shape index (κ1) is 48.0. The van der Waals surface area contributed by atoms with Gasteiger partial charge in [0.05, 0.1) is 31.0 Å². The highest BCUT2D eigenvalue weighted by Gasteiger charge is 2.48. The standard InChI is InChI=1S/C45H64ClN7O9S/c1-9-14-45(8,41(56)57)51-39(54)33-22-29(24-53(33)40(55)38(44(5,6)7)50-43(58)62-28-11-10-27(4)21-28)61-35-23-31(32-25-63-42(49-32)47-26(2)3)48-37-30(35)12-13-34(36(37)46)60-20-17-52-15-18-59-19-16-52/h12-13,23,25-29,33,38H,9-11,14-22,24H2,1-8H3,(H,47,49)(H,50,58)(H,51,54)(H,56,57)/t27-,28-,29+,33-,38+,45+/m0/s1. The number of amides is 3. The van der Waals surface area contributed by atoms with Crippen LogP contribution in [-0.4, -0.2) is 131 Å². The van der Waals surface area contributed by atoms with Crippen molar-refractivity contribution in [1.29, 1.82) is 0 Å². The summed E-state index contributed by atoms with van der Waals surface area (Å²) >= 11 is 8.54. The molecular formula is C45H64ClN7O9S. The van der Waals surface area contributed by atoms with Gasteiger partial charge in [-0.3, -0.25) is 14.5 Å². The molecule has 6 rings (SSSR count). The highest BCUT2D eigenvalue weighted by atomic mass is 35.5. The van der Waals surface area contributed by atoms with Crippen molar-refractivity contribution in [2.45, 2.75) is 130 Å². The van der Waals surface area contributed by atoms with Crippen molar-refractivity contribution in [3.05, 3.63) is 28.6 Å². The predicted molar refractivity (Wildman–Crippen MR) is 243 cm³/mol. The van der Waals surface area contributed by atoms with Crippen LogP contribution in [0.4, 0.5) is 9.93 Å². The number of aliphatic carboxylic acids is 1. The number of alkyl carbamates (subject to hydrolysis) is 1. The van der Waals surface area contributed by atoms with E-state index in [1.807, 2.05) is 53.0 Å². The van der Waals surface area contributed by atoms with Gasteiger partial charge in [-0.25, -0.2) is 19.6 Å². The summed E-state index contributed by atoms with van der Waals surface area (Å²) in [6.45, 7) is 19.0. The summed E-state index contributed by atoms with van der Waals surface area (Å²) in [4.78, 5) is 68.4. The van der Waals surface area contributed by atoms with E-state index < -0.39 is 53.0 Å². The molecule has 0 spiro atoms. The van der Waals surface area contributed by atoms with Crippen LogP contribution in [-0.2, 0) is 23.9 Å². The Morgan fingerprint density at radius 2 is 1.78 bits per heavy atom. The lowest BCUT2D eigenvalue weighted by molar-refractivity contribution is -0.149. The topological polar surface area (TPSA) is 194 Å². The monoisotopic (exact) mass is 913 g/mol. The Labute approximate surface area is 379 Å². The first-order valence-electron chi connectivity index (χ1n) is 22.1. The number of hydrogen-bond acceptors (Lipinski definition) is 13. The zero-order valence-corrected chi connectivity index (χ0v) is 39.3. The molecule has 0 bridgehead atoms. The van der Waals surface area contributed by atoms with Gasteiger partial charge >= 0.3 is 12.1 Å². The zero-order chi connectivity index (χ0) is 45.6. The number of carboxylic acid groups (broad SMARTS) is 1. The number of anilines is 1. The number of pyridine rings is 1. The molecule has 16 nitrogen and oxygen atoms in total. The van der Waals surface area contributed by atoms with Gasteiger partial charge in [0.25, 0.3) is 0 Å². The molecule has 346 valence electrons. The van der Waals surface area contributed by atoms with Crippen molar-refractivity contribution >= 4 is 62.8 Å². The number of morpholine rings is 1. The molecule has 3 aromatic rings. The van der Waals surface area contributed by atoms with Crippen molar-refractivity contribution in [2.75, 3.05) is 51.3 Å². The van der Waals surface area contributed by atoms with E-state index in [9.17, 15) is 24.3 Å². The van der Waals surface area contributed by atoms with Crippen molar-refractivity contribution < 1.29 is 43.2 Å². The van der Waals surface area contributed by atoms with E-state index in [-0.39, 0.29) is 31.5 Å². The molecule has 1 saturated carbocycles. The molecule has 1 aliphatic carbocycles. The van der Waals surface area contributed by atoms with Crippen LogP contribution in [0, 0.1) is 11.3 Å². The smallest absolute Gasteiger partial charge is 0.408 e. The second-order valence-electron chi connectivity index (χ2n) is 18.7. The normalized spacial score (nSPS) is 22.1. The van der Waals surface area contributed by atoms with E-state index in [0.29, 0.717) is 77.5 Å². The Bertz CT molecular complexity index is 2110. The number of benzene rings is 1. The fourth-order valence-corrected chi connectivity index (χ4v) is 9.49. The third kappa shape index (κ3) is 12.0. The van der Waals surface area contributed by atoms with E-state index in [2.05, 4.69) is 27.8 Å². The SMILES string of the molecule is CCC[C@@](C)(NC(=O)[C@@H]1C[C@@H](Oc2cc(-c3csc(NC(C)C)n3)nc3c(Cl)c(OCCN4CCOCC4)ccc23)CN1C(=O)[C@@H](NC(=O)O[C@H]1CC[C@H](C)C1)C(C)(C)C)C(=O)O. The number of carboxylic acids is 1. The minimum absolute atomic E-state index is 0.0233. The molecule has 63 heavy (non-hydrogen) atoms. The van der Waals surface area contributed by atoms with Gasteiger partial charge in [-0.05, 0) is 69.9 Å². The summed E-state index contributed by atoms with van der Waals surface area (Å²) < 4.78 is 24.2. The van der Waals surface area contributed by atoms with Crippen molar-refractivity contribution in [3.8, 4) is 22.9 Å². The molecule has 2 aromatic heterocycles. The fourth-order valence-electron chi connectivity index (χ4n) is 8.38. The van der Waals surface area contributed by atoms with Crippen LogP contribution in [0.2, 0.25) is 5.02 Å². The van der Waals surface area contributed by atoms with Gasteiger partial charge in [0.1, 0.15) is 58.7 Å². The number of likely N-dealkylation sites (tertiary alicyclic amines) is 1. The lowest BCUT2D eigenvalue weighted by atomic mass is 9.85. The number of ether oxygens (including phenoxy) is 4. The van der Waals surface area contributed by atoms with E-state index in [0.717, 1.165) is 37.5 Å². The number of fused-ring (bicyclic) bond motifs is 1. The molecule has 2 saturated heterocycles. The zero-order valence-electron chi connectivity index (χ0n) is 37.8. The first-order valence-corrected chi connectivity index (χ1v) is 23.4. The molecule has 6 atom stereocenters. The molecule has 1 aromatic carbocycles. The predicted octanol–water partition coefficient (Wildman–Crippen LogP) is 6.98. The van der Waals surface area contributed by atoms with E-state index >= 15 is 0 Å². The molecule has 3 aliphatic rings. The van der Waals surface area contributed by atoms with Gasteiger partial charge < -0.3 is 44.9 Å². The molecule has 2 aliphatic heterocycles. The van der Waals surface area contributed by atoms with Crippen LogP contribution in [0.15, 0.2) is 23.6 Å². The minimum Gasteiger partial charge on any atom is -0.491 e. The van der Waals surface area contributed by atoms with Gasteiger partial charge in [0.15, 0.2) is 5.13 Å². The number of nitrogens with one attached hydrogen (secondary N) is 3.